The minimum atomic E-state index is -0.693. The third-order valence-electron chi connectivity index (χ3n) is 2.85. The topological polar surface area (TPSA) is 49.4 Å². The molecule has 0 aromatic carbocycles. The van der Waals surface area contributed by atoms with Gasteiger partial charge in [-0.05, 0) is 19.4 Å². The van der Waals surface area contributed by atoms with Crippen molar-refractivity contribution in [3.8, 4) is 0 Å². The Morgan fingerprint density at radius 2 is 2.07 bits per heavy atom. The molecule has 0 radical (unpaired) electrons. The van der Waals surface area contributed by atoms with Crippen molar-refractivity contribution in [1.29, 1.82) is 0 Å². The standard InChI is InChI=1S/C9H16N2O2S/c12-9(8-2-1-3-10-8)11-4-6-14(13)7-5-11/h8,10H,1-7H2/t8-/m1/s1. The molecule has 4 nitrogen and oxygen atoms in total. The van der Waals surface area contributed by atoms with Gasteiger partial charge in [0.1, 0.15) is 0 Å². The molecule has 0 bridgehead atoms. The van der Waals surface area contributed by atoms with Gasteiger partial charge in [0.15, 0.2) is 0 Å². The molecule has 0 unspecified atom stereocenters. The molecule has 1 amide bonds. The van der Waals surface area contributed by atoms with Crippen LogP contribution in [0.2, 0.25) is 0 Å². The predicted octanol–water partition coefficient (Wildman–Crippen LogP) is -0.671. The smallest absolute Gasteiger partial charge is 0.239 e. The first kappa shape index (κ1) is 10.1. The second-order valence-electron chi connectivity index (χ2n) is 3.82. The zero-order valence-corrected chi connectivity index (χ0v) is 9.02. The molecule has 2 rings (SSSR count). The molecule has 2 fully saturated rings. The van der Waals surface area contributed by atoms with Gasteiger partial charge < -0.3 is 10.2 Å². The summed E-state index contributed by atoms with van der Waals surface area (Å²) >= 11 is 0. The van der Waals surface area contributed by atoms with E-state index in [0.29, 0.717) is 24.6 Å². The minimum Gasteiger partial charge on any atom is -0.340 e. The largest absolute Gasteiger partial charge is 0.340 e. The van der Waals surface area contributed by atoms with Crippen LogP contribution >= 0.6 is 0 Å². The lowest BCUT2D eigenvalue weighted by Crippen LogP contribution is -2.48. The second kappa shape index (κ2) is 4.40. The number of carbonyl (C=O) groups is 1. The van der Waals surface area contributed by atoms with Crippen LogP contribution in [-0.4, -0.2) is 52.2 Å². The zero-order chi connectivity index (χ0) is 9.97. The van der Waals surface area contributed by atoms with Crippen molar-refractivity contribution in [1.82, 2.24) is 10.2 Å². The maximum atomic E-state index is 11.9. The lowest BCUT2D eigenvalue weighted by atomic mass is 10.2. The monoisotopic (exact) mass is 216 g/mol. The first-order valence-electron chi connectivity index (χ1n) is 5.14. The summed E-state index contributed by atoms with van der Waals surface area (Å²) in [6, 6.07) is 0.0292. The molecule has 1 atom stereocenters. The second-order valence-corrected chi connectivity index (χ2v) is 5.52. The lowest BCUT2D eigenvalue weighted by molar-refractivity contribution is -0.132. The summed E-state index contributed by atoms with van der Waals surface area (Å²) in [4.78, 5) is 13.7. The van der Waals surface area contributed by atoms with E-state index in [1.54, 1.807) is 0 Å². The van der Waals surface area contributed by atoms with Gasteiger partial charge in [0.05, 0.1) is 6.04 Å². The maximum Gasteiger partial charge on any atom is 0.239 e. The summed E-state index contributed by atoms with van der Waals surface area (Å²) in [7, 11) is -0.693. The molecular weight excluding hydrogens is 200 g/mol. The summed E-state index contributed by atoms with van der Waals surface area (Å²) < 4.78 is 11.1. The third-order valence-corrected chi connectivity index (χ3v) is 4.12. The summed E-state index contributed by atoms with van der Waals surface area (Å²) in [6.45, 7) is 2.30. The average molecular weight is 216 g/mol. The molecule has 14 heavy (non-hydrogen) atoms. The first-order valence-corrected chi connectivity index (χ1v) is 6.63. The molecular formula is C9H16N2O2S. The van der Waals surface area contributed by atoms with Crippen LogP contribution in [0.25, 0.3) is 0 Å². The first-order chi connectivity index (χ1) is 6.77. The Kier molecular flexibility index (Phi) is 3.18. The fourth-order valence-electron chi connectivity index (χ4n) is 1.97. The van der Waals surface area contributed by atoms with Crippen LogP contribution in [0.15, 0.2) is 0 Å². The fourth-order valence-corrected chi connectivity index (χ4v) is 3.03. The molecule has 80 valence electrons. The van der Waals surface area contributed by atoms with Crippen LogP contribution in [0.5, 0.6) is 0 Å². The van der Waals surface area contributed by atoms with Gasteiger partial charge >= 0.3 is 0 Å². The Hall–Kier alpha value is -0.420. The number of hydrogen-bond donors (Lipinski definition) is 1. The van der Waals surface area contributed by atoms with E-state index >= 15 is 0 Å². The molecule has 2 aliphatic rings. The van der Waals surface area contributed by atoms with Crippen LogP contribution in [-0.2, 0) is 15.6 Å². The summed E-state index contributed by atoms with van der Waals surface area (Å²) in [5.74, 6) is 1.51. The van der Waals surface area contributed by atoms with Crippen molar-refractivity contribution in [3.05, 3.63) is 0 Å². The summed E-state index contributed by atoms with van der Waals surface area (Å²) in [5.41, 5.74) is 0. The molecule has 0 spiro atoms. The normalized spacial score (nSPS) is 29.4. The Morgan fingerprint density at radius 1 is 1.36 bits per heavy atom. The Labute approximate surface area is 86.5 Å². The highest BCUT2D eigenvalue weighted by Gasteiger charge is 2.28. The van der Waals surface area contributed by atoms with Gasteiger partial charge in [-0.15, -0.1) is 0 Å². The molecule has 0 aromatic rings. The Balaban J connectivity index is 1.88. The molecule has 2 saturated heterocycles. The average Bonchev–Trinajstić information content (AvgIpc) is 2.71. The van der Waals surface area contributed by atoms with Crippen LogP contribution in [0, 0.1) is 0 Å². The van der Waals surface area contributed by atoms with E-state index in [1.807, 2.05) is 4.90 Å². The van der Waals surface area contributed by atoms with Crippen molar-refractivity contribution in [2.24, 2.45) is 0 Å². The van der Waals surface area contributed by atoms with E-state index in [2.05, 4.69) is 5.32 Å². The molecule has 0 aliphatic carbocycles. The van der Waals surface area contributed by atoms with E-state index in [-0.39, 0.29) is 11.9 Å². The van der Waals surface area contributed by atoms with Crippen LogP contribution in [0.1, 0.15) is 12.8 Å². The van der Waals surface area contributed by atoms with E-state index in [9.17, 15) is 9.00 Å². The predicted molar refractivity (Wildman–Crippen MR) is 55.5 cm³/mol. The Morgan fingerprint density at radius 3 is 2.64 bits per heavy atom. The van der Waals surface area contributed by atoms with E-state index in [0.717, 1.165) is 19.4 Å². The van der Waals surface area contributed by atoms with Gasteiger partial charge in [-0.1, -0.05) is 0 Å². The highest BCUT2D eigenvalue weighted by Crippen LogP contribution is 2.10. The van der Waals surface area contributed by atoms with Gasteiger partial charge in [0.2, 0.25) is 5.91 Å². The van der Waals surface area contributed by atoms with Crippen LogP contribution in [0.3, 0.4) is 0 Å². The fraction of sp³-hybridized carbons (Fsp3) is 0.889. The van der Waals surface area contributed by atoms with Gasteiger partial charge in [0.25, 0.3) is 0 Å². The highest BCUT2D eigenvalue weighted by molar-refractivity contribution is 7.85. The van der Waals surface area contributed by atoms with Crippen LogP contribution in [0.4, 0.5) is 0 Å². The summed E-state index contributed by atoms with van der Waals surface area (Å²) in [5, 5.41) is 3.20. The quantitative estimate of drug-likeness (QED) is 0.632. The maximum absolute atomic E-state index is 11.9. The SMILES string of the molecule is O=C([C@H]1CCCN1)N1CCS(=O)CC1. The van der Waals surface area contributed by atoms with E-state index in [1.165, 1.54) is 0 Å². The number of rotatable bonds is 1. The lowest BCUT2D eigenvalue weighted by Gasteiger charge is -2.28. The molecule has 0 aromatic heterocycles. The zero-order valence-electron chi connectivity index (χ0n) is 8.20. The minimum absolute atomic E-state index is 0.0292. The van der Waals surface area contributed by atoms with Crippen molar-refractivity contribution < 1.29 is 9.00 Å². The van der Waals surface area contributed by atoms with E-state index < -0.39 is 10.8 Å². The van der Waals surface area contributed by atoms with Gasteiger partial charge in [-0.2, -0.15) is 0 Å². The number of nitrogens with one attached hydrogen (secondary N) is 1. The van der Waals surface area contributed by atoms with Crippen molar-refractivity contribution in [2.75, 3.05) is 31.1 Å². The van der Waals surface area contributed by atoms with Gasteiger partial charge in [-0.25, -0.2) is 0 Å². The third kappa shape index (κ3) is 2.15. The number of hydrogen-bond acceptors (Lipinski definition) is 3. The number of nitrogens with zero attached hydrogens (tertiary/aromatic N) is 1. The van der Waals surface area contributed by atoms with E-state index in [4.69, 9.17) is 0 Å². The van der Waals surface area contributed by atoms with Crippen LogP contribution < -0.4 is 5.32 Å². The van der Waals surface area contributed by atoms with Gasteiger partial charge in [0, 0.05) is 35.4 Å². The molecule has 2 aliphatic heterocycles. The molecule has 5 heteroatoms. The molecule has 1 N–H and O–H groups in total. The van der Waals surface area contributed by atoms with Crippen molar-refractivity contribution >= 4 is 16.7 Å². The number of carbonyl (C=O) groups excluding carboxylic acids is 1. The Bertz CT molecular complexity index is 241. The number of amides is 1. The highest BCUT2D eigenvalue weighted by atomic mass is 32.2. The van der Waals surface area contributed by atoms with Gasteiger partial charge in [-0.3, -0.25) is 9.00 Å². The summed E-state index contributed by atoms with van der Waals surface area (Å²) in [6.07, 6.45) is 2.05. The van der Waals surface area contributed by atoms with Crippen molar-refractivity contribution in [2.45, 2.75) is 18.9 Å². The van der Waals surface area contributed by atoms with Crippen molar-refractivity contribution in [3.63, 3.8) is 0 Å². The molecule has 2 heterocycles. The molecule has 0 saturated carbocycles.